The lowest BCUT2D eigenvalue weighted by atomic mass is 10.0. The van der Waals surface area contributed by atoms with Gasteiger partial charge in [0.15, 0.2) is 0 Å². The minimum absolute atomic E-state index is 0.0818. The Morgan fingerprint density at radius 2 is 1.69 bits per heavy atom. The van der Waals surface area contributed by atoms with Crippen molar-refractivity contribution in [2.45, 2.75) is 38.3 Å². The average molecular weight is 358 g/mol. The van der Waals surface area contributed by atoms with Gasteiger partial charge in [-0.2, -0.15) is 0 Å². The van der Waals surface area contributed by atoms with E-state index in [1.54, 1.807) is 12.1 Å². The molecule has 2 heterocycles. The van der Waals surface area contributed by atoms with Crippen LogP contribution in [0.1, 0.15) is 47.6 Å². The Kier molecular flexibility index (Phi) is 5.83. The highest BCUT2D eigenvalue weighted by molar-refractivity contribution is 5.87. The van der Waals surface area contributed by atoms with Crippen molar-refractivity contribution in [3.63, 3.8) is 0 Å². The van der Waals surface area contributed by atoms with Crippen molar-refractivity contribution in [1.82, 2.24) is 9.47 Å². The molecule has 1 atom stereocenters. The largest absolute Gasteiger partial charge is 0.478 e. The van der Waals surface area contributed by atoms with Crippen LogP contribution in [0.5, 0.6) is 0 Å². The summed E-state index contributed by atoms with van der Waals surface area (Å²) in [5.74, 6) is -1.36. The fraction of sp³-hybridized carbons (Fsp3) is 0.400. The Morgan fingerprint density at radius 1 is 1.04 bits per heavy atom. The molecule has 0 unspecified atom stereocenters. The average Bonchev–Trinajstić information content (AvgIpc) is 2.91. The number of pyridine rings is 1. The number of aromatic carboxylic acids is 1. The third-order valence-electron chi connectivity index (χ3n) is 4.94. The normalized spacial score (nSPS) is 16.8. The number of halogens is 1. The summed E-state index contributed by atoms with van der Waals surface area (Å²) in [6.07, 6.45) is 5.92. The summed E-state index contributed by atoms with van der Waals surface area (Å²) in [7, 11) is 0. The van der Waals surface area contributed by atoms with E-state index in [9.17, 15) is 19.1 Å². The Bertz CT molecular complexity index is 809. The lowest BCUT2D eigenvalue weighted by molar-refractivity contribution is 0.0695. The van der Waals surface area contributed by atoms with E-state index in [4.69, 9.17) is 0 Å². The van der Waals surface area contributed by atoms with Crippen LogP contribution in [0.3, 0.4) is 0 Å². The number of carboxylic acids is 1. The number of carboxylic acid groups (broad SMARTS) is 1. The van der Waals surface area contributed by atoms with E-state index in [-0.39, 0.29) is 23.0 Å². The molecule has 1 aliphatic rings. The molecule has 1 aromatic heterocycles. The third kappa shape index (κ3) is 4.38. The minimum atomic E-state index is -1.06. The first-order chi connectivity index (χ1) is 12.5. The fourth-order valence-corrected chi connectivity index (χ4v) is 3.51. The van der Waals surface area contributed by atoms with Crippen LogP contribution in [0.25, 0.3) is 0 Å². The van der Waals surface area contributed by atoms with Crippen LogP contribution in [0.4, 0.5) is 4.39 Å². The maximum absolute atomic E-state index is 13.4. The van der Waals surface area contributed by atoms with Gasteiger partial charge < -0.3 is 9.67 Å². The third-order valence-corrected chi connectivity index (χ3v) is 4.94. The summed E-state index contributed by atoms with van der Waals surface area (Å²) in [5.41, 5.74) is 0.774. The van der Waals surface area contributed by atoms with Crippen LogP contribution in [0.2, 0.25) is 0 Å². The first-order valence-electron chi connectivity index (χ1n) is 8.98. The molecule has 1 N–H and O–H groups in total. The molecule has 6 heteroatoms. The van der Waals surface area contributed by atoms with Crippen molar-refractivity contribution < 1.29 is 14.3 Å². The molecular weight excluding hydrogens is 335 g/mol. The highest BCUT2D eigenvalue weighted by Crippen LogP contribution is 2.26. The van der Waals surface area contributed by atoms with Crippen LogP contribution in [0.15, 0.2) is 47.4 Å². The second-order valence-electron chi connectivity index (χ2n) is 6.73. The molecule has 5 nitrogen and oxygen atoms in total. The van der Waals surface area contributed by atoms with Crippen LogP contribution in [-0.2, 0) is 6.54 Å². The van der Waals surface area contributed by atoms with Crippen molar-refractivity contribution in [2.75, 3.05) is 13.1 Å². The van der Waals surface area contributed by atoms with E-state index in [1.165, 1.54) is 47.9 Å². The highest BCUT2D eigenvalue weighted by atomic mass is 19.1. The van der Waals surface area contributed by atoms with Crippen LogP contribution in [-0.4, -0.2) is 33.6 Å². The van der Waals surface area contributed by atoms with Crippen molar-refractivity contribution in [1.29, 1.82) is 0 Å². The molecule has 0 radical (unpaired) electrons. The SMILES string of the molecule is O=C(O)c1ccc(=O)n(C[C@@H](c2ccc(F)cc2)N2CCCCCC2)c1. The number of hydrogen-bond donors (Lipinski definition) is 1. The number of hydrogen-bond acceptors (Lipinski definition) is 3. The molecule has 0 spiro atoms. The van der Waals surface area contributed by atoms with Crippen LogP contribution in [0, 0.1) is 5.82 Å². The number of likely N-dealkylation sites (tertiary alicyclic amines) is 1. The summed E-state index contributed by atoms with van der Waals surface area (Å²) in [6.45, 7) is 2.16. The monoisotopic (exact) mass is 358 g/mol. The molecule has 2 aromatic rings. The van der Waals surface area contributed by atoms with Gasteiger partial charge in [0.1, 0.15) is 5.82 Å². The molecule has 0 bridgehead atoms. The Hall–Kier alpha value is -2.47. The number of aromatic nitrogens is 1. The van der Waals surface area contributed by atoms with Gasteiger partial charge in [-0.15, -0.1) is 0 Å². The van der Waals surface area contributed by atoms with Crippen LogP contribution >= 0.6 is 0 Å². The lowest BCUT2D eigenvalue weighted by Crippen LogP contribution is -2.35. The van der Waals surface area contributed by atoms with Gasteiger partial charge in [0.25, 0.3) is 5.56 Å². The zero-order valence-corrected chi connectivity index (χ0v) is 14.6. The molecular formula is C20H23FN2O3. The van der Waals surface area contributed by atoms with Gasteiger partial charge in [0.2, 0.25) is 0 Å². The topological polar surface area (TPSA) is 62.5 Å². The van der Waals surface area contributed by atoms with Crippen molar-refractivity contribution in [2.24, 2.45) is 0 Å². The summed E-state index contributed by atoms with van der Waals surface area (Å²) in [5, 5.41) is 9.20. The van der Waals surface area contributed by atoms with E-state index in [0.29, 0.717) is 6.54 Å². The van der Waals surface area contributed by atoms with Gasteiger partial charge in [0.05, 0.1) is 11.6 Å². The van der Waals surface area contributed by atoms with E-state index < -0.39 is 5.97 Å². The van der Waals surface area contributed by atoms with Crippen LogP contribution < -0.4 is 5.56 Å². The van der Waals surface area contributed by atoms with Gasteiger partial charge in [-0.3, -0.25) is 9.69 Å². The second kappa shape index (κ2) is 8.27. The molecule has 138 valence electrons. The molecule has 0 amide bonds. The molecule has 26 heavy (non-hydrogen) atoms. The predicted molar refractivity (Wildman–Crippen MR) is 96.8 cm³/mol. The molecule has 1 fully saturated rings. The predicted octanol–water partition coefficient (Wildman–Crippen LogP) is 3.30. The van der Waals surface area contributed by atoms with E-state index >= 15 is 0 Å². The standard InChI is InChI=1S/C20H23FN2O3/c21-17-8-5-15(6-9-17)18(22-11-3-1-2-4-12-22)14-23-13-16(20(25)26)7-10-19(23)24/h5-10,13,18H,1-4,11-12,14H2,(H,25,26)/t18-/m0/s1. The summed E-state index contributed by atoms with van der Waals surface area (Å²) in [6, 6.07) is 8.85. The van der Waals surface area contributed by atoms with E-state index in [1.807, 2.05) is 0 Å². The van der Waals surface area contributed by atoms with Crippen molar-refractivity contribution in [3.05, 3.63) is 69.9 Å². The number of nitrogens with zero attached hydrogens (tertiary/aromatic N) is 2. The quantitative estimate of drug-likeness (QED) is 0.891. The van der Waals surface area contributed by atoms with Gasteiger partial charge in [-0.25, -0.2) is 9.18 Å². The molecule has 1 aromatic carbocycles. The molecule has 1 aliphatic heterocycles. The zero-order valence-electron chi connectivity index (χ0n) is 14.6. The summed E-state index contributed by atoms with van der Waals surface area (Å²) < 4.78 is 14.8. The Morgan fingerprint density at radius 3 is 2.31 bits per heavy atom. The van der Waals surface area contributed by atoms with Crippen molar-refractivity contribution in [3.8, 4) is 0 Å². The first kappa shape index (κ1) is 18.3. The molecule has 3 rings (SSSR count). The van der Waals surface area contributed by atoms with Gasteiger partial charge >= 0.3 is 5.97 Å². The first-order valence-corrected chi connectivity index (χ1v) is 8.98. The maximum Gasteiger partial charge on any atom is 0.337 e. The number of benzene rings is 1. The molecule has 1 saturated heterocycles. The lowest BCUT2D eigenvalue weighted by Gasteiger charge is -2.31. The summed E-state index contributed by atoms with van der Waals surface area (Å²) >= 11 is 0. The van der Waals surface area contributed by atoms with Gasteiger partial charge in [0, 0.05) is 18.8 Å². The number of carbonyl (C=O) groups is 1. The highest BCUT2D eigenvalue weighted by Gasteiger charge is 2.23. The van der Waals surface area contributed by atoms with Crippen molar-refractivity contribution >= 4 is 5.97 Å². The number of rotatable bonds is 5. The summed E-state index contributed by atoms with van der Waals surface area (Å²) in [4.78, 5) is 25.8. The minimum Gasteiger partial charge on any atom is -0.478 e. The molecule has 0 saturated carbocycles. The van der Waals surface area contributed by atoms with E-state index in [0.717, 1.165) is 31.5 Å². The zero-order chi connectivity index (χ0) is 18.5. The molecule has 0 aliphatic carbocycles. The fourth-order valence-electron chi connectivity index (χ4n) is 3.51. The van der Waals surface area contributed by atoms with E-state index in [2.05, 4.69) is 4.90 Å². The van der Waals surface area contributed by atoms with Gasteiger partial charge in [-0.05, 0) is 49.7 Å². The Balaban J connectivity index is 1.95. The Labute approximate surface area is 151 Å². The second-order valence-corrected chi connectivity index (χ2v) is 6.73. The smallest absolute Gasteiger partial charge is 0.337 e. The van der Waals surface area contributed by atoms with Gasteiger partial charge in [-0.1, -0.05) is 25.0 Å². The maximum atomic E-state index is 13.4.